The van der Waals surface area contributed by atoms with Crippen molar-refractivity contribution in [3.05, 3.63) is 15.8 Å². The van der Waals surface area contributed by atoms with Gasteiger partial charge >= 0.3 is 0 Å². The number of anilines is 1. The third kappa shape index (κ3) is 2.81. The first-order chi connectivity index (χ1) is 8.65. The minimum absolute atomic E-state index is 0. The normalized spacial score (nSPS) is 28.8. The molecule has 3 aliphatic heterocycles. The van der Waals surface area contributed by atoms with E-state index in [1.54, 1.807) is 11.3 Å². The topological polar surface area (TPSA) is 32.3 Å². The number of hydrogen-bond acceptors (Lipinski definition) is 3. The number of halogens is 1. The molecule has 0 aromatic carbocycles. The maximum atomic E-state index is 12.4. The van der Waals surface area contributed by atoms with Crippen molar-refractivity contribution in [1.82, 2.24) is 4.90 Å². The maximum absolute atomic E-state index is 12.4. The standard InChI is InChI=1S/C14H20N2OS.ClH/c1-9-8-18-10(2)13(9)15-14(17)12-7-11-3-5-16(12)6-4-11;/h8,11-12H,3-7H2,1-2H3,(H,15,17);1H. The summed E-state index contributed by atoms with van der Waals surface area (Å²) < 4.78 is 0. The van der Waals surface area contributed by atoms with Gasteiger partial charge in [-0.25, -0.2) is 0 Å². The summed E-state index contributed by atoms with van der Waals surface area (Å²) in [6.45, 7) is 6.34. The highest BCUT2D eigenvalue weighted by Gasteiger charge is 2.37. The van der Waals surface area contributed by atoms with Gasteiger partial charge in [0.2, 0.25) is 5.91 Å². The predicted octanol–water partition coefficient (Wildman–Crippen LogP) is 3.21. The number of nitrogens with one attached hydrogen (secondary N) is 1. The summed E-state index contributed by atoms with van der Waals surface area (Å²) in [4.78, 5) is 16.0. The van der Waals surface area contributed by atoms with Crippen LogP contribution in [0.25, 0.3) is 0 Å². The molecular weight excluding hydrogens is 280 g/mol. The van der Waals surface area contributed by atoms with Crippen LogP contribution >= 0.6 is 23.7 Å². The summed E-state index contributed by atoms with van der Waals surface area (Å²) in [6, 6.07) is 0.108. The van der Waals surface area contributed by atoms with E-state index in [1.807, 2.05) is 0 Å². The lowest BCUT2D eigenvalue weighted by Gasteiger charge is -2.44. The van der Waals surface area contributed by atoms with E-state index >= 15 is 0 Å². The van der Waals surface area contributed by atoms with Gasteiger partial charge in [-0.3, -0.25) is 9.69 Å². The van der Waals surface area contributed by atoms with E-state index in [4.69, 9.17) is 0 Å². The average molecular weight is 301 g/mol. The number of hydrogen-bond donors (Lipinski definition) is 1. The average Bonchev–Trinajstić information content (AvgIpc) is 2.72. The third-order valence-electron chi connectivity index (χ3n) is 4.36. The van der Waals surface area contributed by atoms with E-state index < -0.39 is 0 Å². The van der Waals surface area contributed by atoms with Crippen molar-refractivity contribution in [1.29, 1.82) is 0 Å². The van der Waals surface area contributed by atoms with E-state index in [9.17, 15) is 4.79 Å². The Kier molecular flexibility index (Phi) is 4.54. The van der Waals surface area contributed by atoms with Gasteiger partial charge in [0.15, 0.2) is 0 Å². The van der Waals surface area contributed by atoms with Crippen LogP contribution in [0.1, 0.15) is 29.7 Å². The minimum Gasteiger partial charge on any atom is -0.323 e. The SMILES string of the molecule is Cc1csc(C)c1NC(=O)C1CC2CCN1CC2.Cl. The highest BCUT2D eigenvalue weighted by Crippen LogP contribution is 2.33. The highest BCUT2D eigenvalue weighted by molar-refractivity contribution is 7.10. The van der Waals surface area contributed by atoms with Crippen molar-refractivity contribution in [2.24, 2.45) is 5.92 Å². The number of rotatable bonds is 2. The van der Waals surface area contributed by atoms with Crippen LogP contribution in [0.2, 0.25) is 0 Å². The van der Waals surface area contributed by atoms with Crippen LogP contribution in [0.3, 0.4) is 0 Å². The third-order valence-corrected chi connectivity index (χ3v) is 5.39. The molecule has 3 nitrogen and oxygen atoms in total. The van der Waals surface area contributed by atoms with Gasteiger partial charge in [-0.2, -0.15) is 0 Å². The van der Waals surface area contributed by atoms with Crippen molar-refractivity contribution in [2.45, 2.75) is 39.2 Å². The molecule has 1 amide bonds. The number of amides is 1. The van der Waals surface area contributed by atoms with Crippen LogP contribution in [0.5, 0.6) is 0 Å². The van der Waals surface area contributed by atoms with Gasteiger partial charge in [0.05, 0.1) is 11.7 Å². The second-order valence-electron chi connectivity index (χ2n) is 5.57. The van der Waals surface area contributed by atoms with Crippen LogP contribution in [0, 0.1) is 19.8 Å². The zero-order chi connectivity index (χ0) is 12.7. The number of carbonyl (C=O) groups is 1. The molecule has 3 fully saturated rings. The van der Waals surface area contributed by atoms with Crippen LogP contribution in [0.15, 0.2) is 5.38 Å². The number of nitrogens with zero attached hydrogens (tertiary/aromatic N) is 1. The quantitative estimate of drug-likeness (QED) is 0.909. The van der Waals surface area contributed by atoms with Crippen LogP contribution in [0.4, 0.5) is 5.69 Å². The lowest BCUT2D eigenvalue weighted by atomic mass is 9.83. The number of piperidine rings is 3. The van der Waals surface area contributed by atoms with Crippen LogP contribution in [-0.2, 0) is 4.79 Å². The lowest BCUT2D eigenvalue weighted by Crippen LogP contribution is -2.53. The molecule has 0 aliphatic carbocycles. The minimum atomic E-state index is 0. The smallest absolute Gasteiger partial charge is 0.241 e. The molecule has 1 N–H and O–H groups in total. The zero-order valence-corrected chi connectivity index (χ0v) is 13.1. The number of fused-ring (bicyclic) bond motifs is 3. The van der Waals surface area contributed by atoms with Crippen molar-refractivity contribution < 1.29 is 4.79 Å². The molecule has 0 spiro atoms. The molecule has 19 heavy (non-hydrogen) atoms. The molecule has 1 atom stereocenters. The number of carbonyl (C=O) groups excluding carboxylic acids is 1. The molecule has 3 aliphatic rings. The fourth-order valence-electron chi connectivity index (χ4n) is 3.20. The van der Waals surface area contributed by atoms with Gasteiger partial charge in [0.25, 0.3) is 0 Å². The van der Waals surface area contributed by atoms with Gasteiger partial charge in [-0.15, -0.1) is 23.7 Å². The largest absolute Gasteiger partial charge is 0.323 e. The van der Waals surface area contributed by atoms with Crippen molar-refractivity contribution in [3.8, 4) is 0 Å². The maximum Gasteiger partial charge on any atom is 0.241 e. The Balaban J connectivity index is 0.00000133. The lowest BCUT2D eigenvalue weighted by molar-refractivity contribution is -0.125. The Bertz CT molecular complexity index is 447. The van der Waals surface area contributed by atoms with Crippen molar-refractivity contribution in [3.63, 3.8) is 0 Å². The van der Waals surface area contributed by atoms with Gasteiger partial charge in [0, 0.05) is 4.88 Å². The van der Waals surface area contributed by atoms with Gasteiger partial charge < -0.3 is 5.32 Å². The van der Waals surface area contributed by atoms with E-state index in [1.165, 1.54) is 23.3 Å². The Morgan fingerprint density at radius 1 is 1.37 bits per heavy atom. The molecule has 1 aromatic rings. The Morgan fingerprint density at radius 3 is 2.53 bits per heavy atom. The molecule has 4 rings (SSSR count). The first-order valence-electron chi connectivity index (χ1n) is 6.74. The summed E-state index contributed by atoms with van der Waals surface area (Å²) in [7, 11) is 0. The monoisotopic (exact) mass is 300 g/mol. The first kappa shape index (κ1) is 14.8. The van der Waals surface area contributed by atoms with Crippen LogP contribution < -0.4 is 5.32 Å². The summed E-state index contributed by atoms with van der Waals surface area (Å²) in [5.74, 6) is 0.972. The second kappa shape index (κ2) is 5.81. The first-order valence-corrected chi connectivity index (χ1v) is 7.62. The number of thiophene rings is 1. The van der Waals surface area contributed by atoms with E-state index in [2.05, 4.69) is 29.4 Å². The fourth-order valence-corrected chi connectivity index (χ4v) is 4.00. The van der Waals surface area contributed by atoms with Crippen LogP contribution in [-0.4, -0.2) is 29.9 Å². The van der Waals surface area contributed by atoms with Crippen molar-refractivity contribution >= 4 is 35.3 Å². The molecule has 0 saturated carbocycles. The summed E-state index contributed by atoms with van der Waals surface area (Å²) in [5, 5.41) is 5.25. The van der Waals surface area contributed by atoms with E-state index in [0.717, 1.165) is 31.1 Å². The summed E-state index contributed by atoms with van der Waals surface area (Å²) in [6.07, 6.45) is 3.61. The Labute approximate surface area is 124 Å². The van der Waals surface area contributed by atoms with Gasteiger partial charge in [-0.1, -0.05) is 0 Å². The zero-order valence-electron chi connectivity index (χ0n) is 11.4. The Morgan fingerprint density at radius 2 is 2.05 bits per heavy atom. The molecule has 106 valence electrons. The predicted molar refractivity (Wildman–Crippen MR) is 82.4 cm³/mol. The summed E-state index contributed by atoms with van der Waals surface area (Å²) in [5.41, 5.74) is 2.22. The van der Waals surface area contributed by atoms with E-state index in [-0.39, 0.29) is 24.4 Å². The molecule has 1 unspecified atom stereocenters. The molecule has 0 radical (unpaired) electrons. The molecule has 3 saturated heterocycles. The second-order valence-corrected chi connectivity index (χ2v) is 6.65. The number of aryl methyl sites for hydroxylation is 2. The molecule has 5 heteroatoms. The fraction of sp³-hybridized carbons (Fsp3) is 0.643. The molecule has 1 aromatic heterocycles. The highest BCUT2D eigenvalue weighted by atomic mass is 35.5. The van der Waals surface area contributed by atoms with Gasteiger partial charge in [0.1, 0.15) is 0 Å². The molecular formula is C14H21ClN2OS. The van der Waals surface area contributed by atoms with E-state index in [0.29, 0.717) is 0 Å². The molecule has 4 heterocycles. The van der Waals surface area contributed by atoms with Crippen molar-refractivity contribution in [2.75, 3.05) is 18.4 Å². The van der Waals surface area contributed by atoms with Gasteiger partial charge in [-0.05, 0) is 63.1 Å². The molecule has 2 bridgehead atoms. The Hall–Kier alpha value is -0.580. The summed E-state index contributed by atoms with van der Waals surface area (Å²) >= 11 is 1.71.